The Morgan fingerprint density at radius 2 is 2.00 bits per heavy atom. The molecule has 1 heterocycles. The molecule has 1 aliphatic rings. The number of hydrogen-bond donors (Lipinski definition) is 1. The lowest BCUT2D eigenvalue weighted by Crippen LogP contribution is -2.48. The Morgan fingerprint density at radius 3 is 2.77 bits per heavy atom. The molecule has 1 atom stereocenters. The van der Waals surface area contributed by atoms with Gasteiger partial charge in [-0.3, -0.25) is 4.79 Å². The van der Waals surface area contributed by atoms with Crippen LogP contribution in [0.5, 0.6) is 5.75 Å². The lowest BCUT2D eigenvalue weighted by Gasteiger charge is -2.35. The van der Waals surface area contributed by atoms with E-state index in [1.165, 1.54) is 6.07 Å². The van der Waals surface area contributed by atoms with E-state index in [1.54, 1.807) is 25.2 Å². The Morgan fingerprint density at radius 1 is 1.27 bits per heavy atom. The van der Waals surface area contributed by atoms with Crippen LogP contribution in [0.1, 0.15) is 5.56 Å². The number of fused-ring (bicyclic) bond motifs is 1. The second kappa shape index (κ2) is 6.05. The van der Waals surface area contributed by atoms with Crippen LogP contribution in [0.3, 0.4) is 0 Å². The first kappa shape index (κ1) is 14.4. The normalized spacial score (nSPS) is 16.6. The molecule has 0 fully saturated rings. The van der Waals surface area contributed by atoms with Crippen LogP contribution in [-0.2, 0) is 11.3 Å². The van der Waals surface area contributed by atoms with E-state index in [0.717, 1.165) is 5.69 Å². The van der Waals surface area contributed by atoms with Crippen LogP contribution in [0.4, 0.5) is 10.1 Å². The fourth-order valence-corrected chi connectivity index (χ4v) is 2.59. The van der Waals surface area contributed by atoms with Crippen molar-refractivity contribution in [1.29, 1.82) is 0 Å². The Balaban J connectivity index is 1.92. The van der Waals surface area contributed by atoms with Crippen molar-refractivity contribution in [3.05, 3.63) is 59.9 Å². The van der Waals surface area contributed by atoms with Gasteiger partial charge in [-0.1, -0.05) is 30.3 Å². The molecule has 1 aliphatic heterocycles. The molecule has 114 valence electrons. The van der Waals surface area contributed by atoms with E-state index >= 15 is 0 Å². The summed E-state index contributed by atoms with van der Waals surface area (Å²) in [4.78, 5) is 13.9. The number of ether oxygens (including phenoxy) is 1. The van der Waals surface area contributed by atoms with E-state index in [4.69, 9.17) is 4.74 Å². The van der Waals surface area contributed by atoms with Crippen molar-refractivity contribution < 1.29 is 13.9 Å². The van der Waals surface area contributed by atoms with Crippen LogP contribution in [-0.4, -0.2) is 25.6 Å². The second-order valence-corrected chi connectivity index (χ2v) is 5.16. The maximum absolute atomic E-state index is 13.9. The number of para-hydroxylation sites is 2. The van der Waals surface area contributed by atoms with Gasteiger partial charge in [-0.15, -0.1) is 0 Å². The first-order valence-electron chi connectivity index (χ1n) is 7.14. The molecule has 1 N–H and O–H groups in total. The summed E-state index contributed by atoms with van der Waals surface area (Å²) in [5, 5.41) is 2.60. The number of hydrogen-bond acceptors (Lipinski definition) is 3. The minimum absolute atomic E-state index is 0.187. The van der Waals surface area contributed by atoms with Crippen LogP contribution < -0.4 is 15.0 Å². The van der Waals surface area contributed by atoms with E-state index < -0.39 is 6.10 Å². The van der Waals surface area contributed by atoms with Gasteiger partial charge in [0.15, 0.2) is 6.10 Å². The largest absolute Gasteiger partial charge is 0.477 e. The molecule has 4 nitrogen and oxygen atoms in total. The Bertz CT molecular complexity index is 690. The highest BCUT2D eigenvalue weighted by Gasteiger charge is 2.30. The highest BCUT2D eigenvalue weighted by atomic mass is 19.1. The molecule has 0 radical (unpaired) electrons. The molecule has 5 heteroatoms. The van der Waals surface area contributed by atoms with Gasteiger partial charge in [-0.05, 0) is 18.2 Å². The van der Waals surface area contributed by atoms with Gasteiger partial charge in [0, 0.05) is 19.2 Å². The molecule has 22 heavy (non-hydrogen) atoms. The molecule has 1 amide bonds. The lowest BCUT2D eigenvalue weighted by molar-refractivity contribution is -0.127. The standard InChI is InChI=1S/C17H17FN2O2/c1-19-17(21)16-11-20(10-12-6-2-3-7-13(12)18)14-8-4-5-9-15(14)22-16/h2-9,16H,10-11H2,1H3,(H,19,21)/t16-/m1/s1. The molecule has 0 bridgehead atoms. The van der Waals surface area contributed by atoms with Gasteiger partial charge >= 0.3 is 0 Å². The van der Waals surface area contributed by atoms with Crippen LogP contribution in [0.15, 0.2) is 48.5 Å². The summed E-state index contributed by atoms with van der Waals surface area (Å²) in [6, 6.07) is 14.2. The van der Waals surface area contributed by atoms with Crippen molar-refractivity contribution in [2.75, 3.05) is 18.5 Å². The Labute approximate surface area is 128 Å². The minimum atomic E-state index is -0.605. The number of carbonyl (C=O) groups excluding carboxylic acids is 1. The fourth-order valence-electron chi connectivity index (χ4n) is 2.59. The van der Waals surface area contributed by atoms with Gasteiger partial charge in [0.2, 0.25) is 0 Å². The van der Waals surface area contributed by atoms with Gasteiger partial charge in [0.1, 0.15) is 11.6 Å². The molecule has 2 aromatic carbocycles. The molecule has 0 unspecified atom stereocenters. The number of benzene rings is 2. The summed E-state index contributed by atoms with van der Waals surface area (Å²) in [6.07, 6.45) is -0.605. The maximum Gasteiger partial charge on any atom is 0.262 e. The molecule has 2 aromatic rings. The van der Waals surface area contributed by atoms with E-state index in [2.05, 4.69) is 5.32 Å². The van der Waals surface area contributed by atoms with E-state index in [0.29, 0.717) is 24.4 Å². The molecule has 0 spiro atoms. The number of carbonyl (C=O) groups is 1. The van der Waals surface area contributed by atoms with Crippen molar-refractivity contribution in [1.82, 2.24) is 5.32 Å². The third-order valence-corrected chi connectivity index (χ3v) is 3.72. The second-order valence-electron chi connectivity index (χ2n) is 5.16. The number of halogens is 1. The zero-order valence-corrected chi connectivity index (χ0v) is 12.3. The number of anilines is 1. The zero-order valence-electron chi connectivity index (χ0n) is 12.3. The van der Waals surface area contributed by atoms with E-state index in [-0.39, 0.29) is 11.7 Å². The molecular weight excluding hydrogens is 283 g/mol. The van der Waals surface area contributed by atoms with Crippen molar-refractivity contribution in [3.63, 3.8) is 0 Å². The quantitative estimate of drug-likeness (QED) is 0.946. The van der Waals surface area contributed by atoms with Crippen molar-refractivity contribution in [2.24, 2.45) is 0 Å². The van der Waals surface area contributed by atoms with Crippen LogP contribution in [0, 0.1) is 5.82 Å². The summed E-state index contributed by atoms with van der Waals surface area (Å²) in [5.41, 5.74) is 1.46. The van der Waals surface area contributed by atoms with Crippen molar-refractivity contribution in [3.8, 4) is 5.75 Å². The number of likely N-dealkylation sites (N-methyl/N-ethyl adjacent to an activating group) is 1. The minimum Gasteiger partial charge on any atom is -0.477 e. The Kier molecular flexibility index (Phi) is 3.96. The summed E-state index contributed by atoms with van der Waals surface area (Å²) < 4.78 is 19.6. The third-order valence-electron chi connectivity index (χ3n) is 3.72. The van der Waals surface area contributed by atoms with Gasteiger partial charge in [-0.25, -0.2) is 4.39 Å². The topological polar surface area (TPSA) is 41.6 Å². The van der Waals surface area contributed by atoms with Gasteiger partial charge in [0.25, 0.3) is 5.91 Å². The lowest BCUT2D eigenvalue weighted by atomic mass is 10.1. The molecule has 0 aliphatic carbocycles. The fraction of sp³-hybridized carbons (Fsp3) is 0.235. The molecule has 0 aromatic heterocycles. The highest BCUT2D eigenvalue weighted by Crippen LogP contribution is 2.34. The predicted molar refractivity (Wildman–Crippen MR) is 82.4 cm³/mol. The van der Waals surface area contributed by atoms with Crippen molar-refractivity contribution >= 4 is 11.6 Å². The van der Waals surface area contributed by atoms with Crippen LogP contribution in [0.25, 0.3) is 0 Å². The Hall–Kier alpha value is -2.56. The summed E-state index contributed by atoms with van der Waals surface area (Å²) in [5.74, 6) is 0.203. The maximum atomic E-state index is 13.9. The first-order chi connectivity index (χ1) is 10.7. The number of nitrogens with zero attached hydrogens (tertiary/aromatic N) is 1. The number of nitrogens with one attached hydrogen (secondary N) is 1. The number of amides is 1. The van der Waals surface area contributed by atoms with Gasteiger partial charge in [0.05, 0.1) is 12.2 Å². The molecule has 0 saturated carbocycles. The van der Waals surface area contributed by atoms with Crippen LogP contribution >= 0.6 is 0 Å². The highest BCUT2D eigenvalue weighted by molar-refractivity contribution is 5.83. The first-order valence-corrected chi connectivity index (χ1v) is 7.14. The summed E-state index contributed by atoms with van der Waals surface area (Å²) in [6.45, 7) is 0.769. The van der Waals surface area contributed by atoms with Gasteiger partial charge in [-0.2, -0.15) is 0 Å². The van der Waals surface area contributed by atoms with Gasteiger partial charge < -0.3 is 15.0 Å². The van der Waals surface area contributed by atoms with Crippen molar-refractivity contribution in [2.45, 2.75) is 12.6 Å². The number of rotatable bonds is 3. The van der Waals surface area contributed by atoms with E-state index in [9.17, 15) is 9.18 Å². The summed E-state index contributed by atoms with van der Waals surface area (Å²) in [7, 11) is 1.58. The average molecular weight is 300 g/mol. The monoisotopic (exact) mass is 300 g/mol. The molecule has 3 rings (SSSR count). The van der Waals surface area contributed by atoms with Crippen LogP contribution in [0.2, 0.25) is 0 Å². The third kappa shape index (κ3) is 2.74. The predicted octanol–water partition coefficient (Wildman–Crippen LogP) is 2.34. The van der Waals surface area contributed by atoms with E-state index in [1.807, 2.05) is 29.2 Å². The smallest absolute Gasteiger partial charge is 0.262 e. The molecule has 0 saturated heterocycles. The zero-order chi connectivity index (χ0) is 15.5. The summed E-state index contributed by atoms with van der Waals surface area (Å²) >= 11 is 0. The average Bonchev–Trinajstić information content (AvgIpc) is 2.56. The molecular formula is C17H17FN2O2. The SMILES string of the molecule is CNC(=O)[C@H]1CN(Cc2ccccc2F)c2ccccc2O1.